The normalized spacial score (nSPS) is 10.4. The number of carbonyl (C=O) groups excluding carboxylic acids is 1. The lowest BCUT2D eigenvalue weighted by Gasteiger charge is -2.04. The van der Waals surface area contributed by atoms with Gasteiger partial charge in [-0.15, -0.1) is 10.2 Å². The molecule has 6 nitrogen and oxygen atoms in total. The fourth-order valence-electron chi connectivity index (χ4n) is 2.39. The second-order valence-electron chi connectivity index (χ2n) is 5.46. The summed E-state index contributed by atoms with van der Waals surface area (Å²) < 4.78 is 10.9. The van der Waals surface area contributed by atoms with Crippen molar-refractivity contribution in [3.8, 4) is 17.2 Å². The smallest absolute Gasteiger partial charge is 0.251 e. The summed E-state index contributed by atoms with van der Waals surface area (Å²) >= 11 is 0. The van der Waals surface area contributed by atoms with Gasteiger partial charge in [-0.3, -0.25) is 4.79 Å². The minimum atomic E-state index is -0.0547. The van der Waals surface area contributed by atoms with E-state index in [4.69, 9.17) is 9.15 Å². The lowest BCUT2D eigenvalue weighted by molar-refractivity contribution is -0.121. The first-order valence-electron chi connectivity index (χ1n) is 8.02. The summed E-state index contributed by atoms with van der Waals surface area (Å²) in [4.78, 5) is 11.9. The average molecular weight is 337 g/mol. The summed E-state index contributed by atoms with van der Waals surface area (Å²) in [5.41, 5.74) is 1.80. The van der Waals surface area contributed by atoms with Crippen LogP contribution in [0, 0.1) is 0 Å². The molecular weight excluding hydrogens is 318 g/mol. The van der Waals surface area contributed by atoms with Crippen LogP contribution >= 0.6 is 0 Å². The van der Waals surface area contributed by atoms with E-state index in [1.54, 1.807) is 7.11 Å². The number of hydrogen-bond acceptors (Lipinski definition) is 5. The van der Waals surface area contributed by atoms with Crippen LogP contribution in [0.1, 0.15) is 17.9 Å². The number of nitrogens with one attached hydrogen (secondary N) is 1. The van der Waals surface area contributed by atoms with Crippen molar-refractivity contribution in [2.45, 2.75) is 19.4 Å². The Morgan fingerprint density at radius 2 is 1.84 bits per heavy atom. The first-order valence-corrected chi connectivity index (χ1v) is 8.02. The van der Waals surface area contributed by atoms with E-state index in [9.17, 15) is 4.79 Å². The van der Waals surface area contributed by atoms with E-state index in [0.29, 0.717) is 36.9 Å². The van der Waals surface area contributed by atoms with Gasteiger partial charge in [0.25, 0.3) is 5.89 Å². The summed E-state index contributed by atoms with van der Waals surface area (Å²) in [6, 6.07) is 17.2. The molecule has 0 aliphatic rings. The number of nitrogens with zero attached hydrogens (tertiary/aromatic N) is 2. The summed E-state index contributed by atoms with van der Waals surface area (Å²) in [6.45, 7) is 0.510. The van der Waals surface area contributed by atoms with Gasteiger partial charge in [0.2, 0.25) is 11.8 Å². The van der Waals surface area contributed by atoms with Crippen LogP contribution in [0.4, 0.5) is 0 Å². The molecule has 0 atom stereocenters. The molecule has 1 amide bonds. The number of aryl methyl sites for hydroxylation is 1. The van der Waals surface area contributed by atoms with E-state index in [1.807, 2.05) is 54.6 Å². The van der Waals surface area contributed by atoms with Crippen LogP contribution in [0.2, 0.25) is 0 Å². The molecule has 1 heterocycles. The van der Waals surface area contributed by atoms with Gasteiger partial charge in [-0.1, -0.05) is 42.5 Å². The molecule has 0 unspecified atom stereocenters. The Hall–Kier alpha value is -3.15. The molecule has 1 N–H and O–H groups in total. The van der Waals surface area contributed by atoms with Gasteiger partial charge in [0.15, 0.2) is 0 Å². The van der Waals surface area contributed by atoms with Crippen LogP contribution in [0.25, 0.3) is 11.5 Å². The Labute approximate surface area is 145 Å². The summed E-state index contributed by atoms with van der Waals surface area (Å²) in [6.07, 6.45) is 0.684. The molecule has 0 saturated heterocycles. The van der Waals surface area contributed by atoms with Crippen LogP contribution in [0.15, 0.2) is 59.0 Å². The van der Waals surface area contributed by atoms with Gasteiger partial charge in [-0.05, 0) is 17.7 Å². The van der Waals surface area contributed by atoms with Gasteiger partial charge in [0.1, 0.15) is 5.75 Å². The van der Waals surface area contributed by atoms with E-state index in [-0.39, 0.29) is 5.91 Å². The predicted molar refractivity (Wildman–Crippen MR) is 92.9 cm³/mol. The lowest BCUT2D eigenvalue weighted by atomic mass is 10.2. The third kappa shape index (κ3) is 4.44. The highest BCUT2D eigenvalue weighted by Crippen LogP contribution is 2.28. The second-order valence-corrected chi connectivity index (χ2v) is 5.46. The van der Waals surface area contributed by atoms with Crippen molar-refractivity contribution in [2.75, 3.05) is 7.11 Å². The van der Waals surface area contributed by atoms with Crippen molar-refractivity contribution in [3.63, 3.8) is 0 Å². The highest BCUT2D eigenvalue weighted by atomic mass is 16.5. The van der Waals surface area contributed by atoms with Gasteiger partial charge in [-0.25, -0.2) is 0 Å². The zero-order valence-electron chi connectivity index (χ0n) is 13.9. The maximum Gasteiger partial charge on any atom is 0.251 e. The molecule has 0 fully saturated rings. The fourth-order valence-corrected chi connectivity index (χ4v) is 2.39. The standard InChI is InChI=1S/C19H19N3O3/c1-24-16-10-6-5-9-15(16)19-22-21-18(25-19)12-11-17(23)20-13-14-7-3-2-4-8-14/h2-10H,11-13H2,1H3,(H,20,23). The van der Waals surface area contributed by atoms with Crippen molar-refractivity contribution >= 4 is 5.91 Å². The molecule has 128 valence electrons. The number of benzene rings is 2. The van der Waals surface area contributed by atoms with Crippen molar-refractivity contribution in [1.82, 2.24) is 15.5 Å². The molecule has 0 bridgehead atoms. The molecule has 25 heavy (non-hydrogen) atoms. The monoisotopic (exact) mass is 337 g/mol. The van der Waals surface area contributed by atoms with Crippen LogP contribution in [0.3, 0.4) is 0 Å². The number of methoxy groups -OCH3 is 1. The Morgan fingerprint density at radius 1 is 1.08 bits per heavy atom. The number of para-hydroxylation sites is 1. The number of aromatic nitrogens is 2. The van der Waals surface area contributed by atoms with E-state index in [0.717, 1.165) is 11.1 Å². The van der Waals surface area contributed by atoms with Crippen LogP contribution in [0.5, 0.6) is 5.75 Å². The topological polar surface area (TPSA) is 77.2 Å². The van der Waals surface area contributed by atoms with Crippen molar-refractivity contribution in [1.29, 1.82) is 0 Å². The molecule has 0 aliphatic carbocycles. The molecule has 6 heteroatoms. The molecule has 0 radical (unpaired) electrons. The van der Waals surface area contributed by atoms with Gasteiger partial charge >= 0.3 is 0 Å². The van der Waals surface area contributed by atoms with Gasteiger partial charge in [0, 0.05) is 19.4 Å². The molecule has 2 aromatic carbocycles. The minimum absolute atomic E-state index is 0.0547. The summed E-state index contributed by atoms with van der Waals surface area (Å²) in [7, 11) is 1.59. The summed E-state index contributed by atoms with van der Waals surface area (Å²) in [5.74, 6) is 1.42. The summed E-state index contributed by atoms with van der Waals surface area (Å²) in [5, 5.41) is 10.9. The molecule has 3 aromatic rings. The lowest BCUT2D eigenvalue weighted by Crippen LogP contribution is -2.22. The highest BCUT2D eigenvalue weighted by Gasteiger charge is 2.13. The Kier molecular flexibility index (Phi) is 5.41. The molecule has 1 aromatic heterocycles. The minimum Gasteiger partial charge on any atom is -0.496 e. The molecule has 0 spiro atoms. The molecular formula is C19H19N3O3. The molecule has 0 saturated carbocycles. The van der Waals surface area contributed by atoms with Crippen LogP contribution in [-0.4, -0.2) is 23.2 Å². The van der Waals surface area contributed by atoms with E-state index in [1.165, 1.54) is 0 Å². The molecule has 0 aliphatic heterocycles. The van der Waals surface area contributed by atoms with E-state index in [2.05, 4.69) is 15.5 Å². The number of ether oxygens (including phenoxy) is 1. The quantitative estimate of drug-likeness (QED) is 0.717. The third-order valence-corrected chi connectivity index (χ3v) is 3.70. The van der Waals surface area contributed by atoms with Crippen LogP contribution < -0.4 is 10.1 Å². The molecule has 3 rings (SSSR count). The zero-order valence-corrected chi connectivity index (χ0v) is 13.9. The number of amides is 1. The van der Waals surface area contributed by atoms with Crippen molar-refractivity contribution in [2.24, 2.45) is 0 Å². The third-order valence-electron chi connectivity index (χ3n) is 3.70. The van der Waals surface area contributed by atoms with E-state index >= 15 is 0 Å². The predicted octanol–water partition coefficient (Wildman–Crippen LogP) is 2.99. The van der Waals surface area contributed by atoms with Gasteiger partial charge in [0.05, 0.1) is 12.7 Å². The Bertz CT molecular complexity index is 831. The number of hydrogen-bond donors (Lipinski definition) is 1. The number of rotatable bonds is 7. The highest BCUT2D eigenvalue weighted by molar-refractivity contribution is 5.76. The van der Waals surface area contributed by atoms with Crippen molar-refractivity contribution < 1.29 is 13.9 Å². The zero-order chi connectivity index (χ0) is 17.5. The second kappa shape index (κ2) is 8.10. The van der Waals surface area contributed by atoms with E-state index < -0.39 is 0 Å². The average Bonchev–Trinajstić information content (AvgIpc) is 3.14. The largest absolute Gasteiger partial charge is 0.496 e. The Morgan fingerprint density at radius 3 is 2.64 bits per heavy atom. The first kappa shape index (κ1) is 16.7. The number of carbonyl (C=O) groups is 1. The maximum absolute atomic E-state index is 11.9. The van der Waals surface area contributed by atoms with Gasteiger partial charge < -0.3 is 14.5 Å². The fraction of sp³-hybridized carbons (Fsp3) is 0.211. The maximum atomic E-state index is 11.9. The van der Waals surface area contributed by atoms with Crippen molar-refractivity contribution in [3.05, 3.63) is 66.1 Å². The SMILES string of the molecule is COc1ccccc1-c1nnc(CCC(=O)NCc2ccccc2)o1. The first-order chi connectivity index (χ1) is 12.3. The van der Waals surface area contributed by atoms with Gasteiger partial charge in [-0.2, -0.15) is 0 Å². The Balaban J connectivity index is 1.54. The van der Waals surface area contributed by atoms with Crippen LogP contribution in [-0.2, 0) is 17.8 Å².